The van der Waals surface area contributed by atoms with E-state index >= 15 is 0 Å². The van der Waals surface area contributed by atoms with Gasteiger partial charge in [-0.3, -0.25) is 9.59 Å². The van der Waals surface area contributed by atoms with Crippen molar-refractivity contribution in [1.82, 2.24) is 5.32 Å². The van der Waals surface area contributed by atoms with Gasteiger partial charge in [0.1, 0.15) is 0 Å². The summed E-state index contributed by atoms with van der Waals surface area (Å²) in [6.07, 6.45) is 0.924. The van der Waals surface area contributed by atoms with Crippen molar-refractivity contribution in [3.05, 3.63) is 34.4 Å². The number of carbonyl (C=O) groups is 2. The van der Waals surface area contributed by atoms with Crippen LogP contribution in [0.3, 0.4) is 0 Å². The second-order valence-electron chi connectivity index (χ2n) is 4.21. The fourth-order valence-corrected chi connectivity index (χ4v) is 2.12. The molecule has 0 saturated carbocycles. The average Bonchev–Trinajstić information content (AvgIpc) is 2.27. The highest BCUT2D eigenvalue weighted by Crippen LogP contribution is 2.21. The van der Waals surface area contributed by atoms with Crippen LogP contribution in [0.2, 0.25) is 0 Å². The molecule has 0 unspecified atom stereocenters. The summed E-state index contributed by atoms with van der Waals surface area (Å²) < 4.78 is 0. The van der Waals surface area contributed by atoms with Gasteiger partial charge in [0.25, 0.3) is 0 Å². The van der Waals surface area contributed by atoms with Gasteiger partial charge in [-0.05, 0) is 50.1 Å². The Morgan fingerprint density at radius 2 is 1.62 bits per heavy atom. The lowest BCUT2D eigenvalue weighted by atomic mass is 9.91. The maximum Gasteiger partial charge on any atom is 0.160 e. The molecule has 3 nitrogen and oxygen atoms in total. The molecule has 0 saturated heterocycles. The molecule has 16 heavy (non-hydrogen) atoms. The van der Waals surface area contributed by atoms with Gasteiger partial charge < -0.3 is 5.32 Å². The Hall–Kier alpha value is -1.48. The molecule has 0 atom stereocenters. The molecule has 2 rings (SSSR count). The number of Topliss-reactive ketones (excluding diaryl/α,β-unsaturated/α-hetero) is 2. The van der Waals surface area contributed by atoms with Crippen LogP contribution >= 0.6 is 0 Å². The second-order valence-corrected chi connectivity index (χ2v) is 4.21. The van der Waals surface area contributed by atoms with Crippen LogP contribution in [0, 0.1) is 0 Å². The third-order valence-corrected chi connectivity index (χ3v) is 2.98. The molecule has 0 aromatic heterocycles. The van der Waals surface area contributed by atoms with Gasteiger partial charge in [0.2, 0.25) is 0 Å². The minimum Gasteiger partial charge on any atom is -0.312 e. The van der Waals surface area contributed by atoms with E-state index in [9.17, 15) is 9.59 Å². The molecule has 1 N–H and O–H groups in total. The molecule has 1 aromatic rings. The lowest BCUT2D eigenvalue weighted by Gasteiger charge is -2.19. The molecule has 0 amide bonds. The third kappa shape index (κ3) is 1.91. The van der Waals surface area contributed by atoms with Crippen LogP contribution in [0.15, 0.2) is 12.1 Å². The van der Waals surface area contributed by atoms with E-state index in [1.165, 1.54) is 19.4 Å². The highest BCUT2D eigenvalue weighted by atomic mass is 16.1. The van der Waals surface area contributed by atoms with E-state index in [4.69, 9.17) is 0 Å². The molecule has 1 heterocycles. The SMILES string of the molecule is CC(=O)c1cc2c(cc1C(C)=O)CNCC2. The van der Waals surface area contributed by atoms with Crippen molar-refractivity contribution in [3.63, 3.8) is 0 Å². The molecule has 0 fully saturated rings. The van der Waals surface area contributed by atoms with Gasteiger partial charge >= 0.3 is 0 Å². The molecule has 3 heteroatoms. The van der Waals surface area contributed by atoms with Crippen molar-refractivity contribution in [1.29, 1.82) is 0 Å². The highest BCUT2D eigenvalue weighted by Gasteiger charge is 2.17. The van der Waals surface area contributed by atoms with Gasteiger partial charge in [0, 0.05) is 17.7 Å². The smallest absolute Gasteiger partial charge is 0.160 e. The number of nitrogens with one attached hydrogen (secondary N) is 1. The van der Waals surface area contributed by atoms with Crippen molar-refractivity contribution in [2.45, 2.75) is 26.8 Å². The Morgan fingerprint density at radius 3 is 2.19 bits per heavy atom. The Labute approximate surface area is 94.9 Å². The molecular formula is C13H15NO2. The van der Waals surface area contributed by atoms with Crippen LogP contribution in [0.4, 0.5) is 0 Å². The van der Waals surface area contributed by atoms with E-state index in [1.54, 1.807) is 0 Å². The number of hydrogen-bond acceptors (Lipinski definition) is 3. The first-order valence-electron chi connectivity index (χ1n) is 5.48. The summed E-state index contributed by atoms with van der Waals surface area (Å²) in [6, 6.07) is 3.75. The highest BCUT2D eigenvalue weighted by molar-refractivity contribution is 6.07. The molecule has 1 aromatic carbocycles. The number of carbonyl (C=O) groups excluding carboxylic acids is 2. The maximum atomic E-state index is 11.5. The lowest BCUT2D eigenvalue weighted by molar-refractivity contribution is 0.0980. The van der Waals surface area contributed by atoms with Gasteiger partial charge in [-0.15, -0.1) is 0 Å². The minimum atomic E-state index is -0.0430. The van der Waals surface area contributed by atoms with E-state index in [-0.39, 0.29) is 11.6 Å². The standard InChI is InChI=1S/C13H15NO2/c1-8(15)12-5-10-3-4-14-7-11(10)6-13(12)9(2)16/h5-6,14H,3-4,7H2,1-2H3. The number of rotatable bonds is 2. The topological polar surface area (TPSA) is 46.2 Å². The zero-order chi connectivity index (χ0) is 11.7. The Balaban J connectivity index is 2.59. The summed E-state index contributed by atoms with van der Waals surface area (Å²) in [4.78, 5) is 23.0. The summed E-state index contributed by atoms with van der Waals surface area (Å²) in [5.74, 6) is -0.0786. The average molecular weight is 217 g/mol. The van der Waals surface area contributed by atoms with E-state index in [2.05, 4.69) is 5.32 Å². The van der Waals surface area contributed by atoms with E-state index in [0.717, 1.165) is 25.1 Å². The molecule has 1 aliphatic rings. The van der Waals surface area contributed by atoms with Gasteiger partial charge in [-0.2, -0.15) is 0 Å². The van der Waals surface area contributed by atoms with Gasteiger partial charge in [-0.1, -0.05) is 0 Å². The third-order valence-electron chi connectivity index (χ3n) is 2.98. The van der Waals surface area contributed by atoms with E-state index in [0.29, 0.717) is 11.1 Å². The largest absolute Gasteiger partial charge is 0.312 e. The molecule has 0 aliphatic carbocycles. The first-order chi connectivity index (χ1) is 7.59. The van der Waals surface area contributed by atoms with Gasteiger partial charge in [-0.25, -0.2) is 0 Å². The molecule has 84 valence electrons. The first kappa shape index (κ1) is 11.0. The van der Waals surface area contributed by atoms with Crippen LogP contribution in [0.1, 0.15) is 45.7 Å². The minimum absolute atomic E-state index is 0.0356. The van der Waals surface area contributed by atoms with Crippen LogP contribution < -0.4 is 5.32 Å². The summed E-state index contributed by atoms with van der Waals surface area (Å²) in [6.45, 7) is 4.73. The van der Waals surface area contributed by atoms with Crippen molar-refractivity contribution in [2.24, 2.45) is 0 Å². The summed E-state index contributed by atoms with van der Waals surface area (Å²) >= 11 is 0. The number of fused-ring (bicyclic) bond motifs is 1. The molecule has 0 spiro atoms. The quantitative estimate of drug-likeness (QED) is 0.767. The number of ketones is 2. The normalized spacial score (nSPS) is 14.4. The van der Waals surface area contributed by atoms with Crippen LogP contribution in [-0.2, 0) is 13.0 Å². The number of hydrogen-bond donors (Lipinski definition) is 1. The maximum absolute atomic E-state index is 11.5. The van der Waals surface area contributed by atoms with Crippen LogP contribution in [-0.4, -0.2) is 18.1 Å². The fourth-order valence-electron chi connectivity index (χ4n) is 2.12. The molecule has 0 bridgehead atoms. The summed E-state index contributed by atoms with van der Waals surface area (Å²) in [5.41, 5.74) is 3.44. The van der Waals surface area contributed by atoms with Crippen LogP contribution in [0.25, 0.3) is 0 Å². The predicted octanol–water partition coefficient (Wildman–Crippen LogP) is 1.74. The Bertz CT molecular complexity index is 420. The molecule has 0 radical (unpaired) electrons. The van der Waals surface area contributed by atoms with Crippen LogP contribution in [0.5, 0.6) is 0 Å². The fraction of sp³-hybridized carbons (Fsp3) is 0.385. The van der Waals surface area contributed by atoms with Crippen molar-refractivity contribution in [3.8, 4) is 0 Å². The van der Waals surface area contributed by atoms with Crippen molar-refractivity contribution in [2.75, 3.05) is 6.54 Å². The second kappa shape index (κ2) is 4.18. The predicted molar refractivity (Wildman–Crippen MR) is 61.9 cm³/mol. The molecular weight excluding hydrogens is 202 g/mol. The zero-order valence-corrected chi connectivity index (χ0v) is 9.59. The Morgan fingerprint density at radius 1 is 1.06 bits per heavy atom. The monoisotopic (exact) mass is 217 g/mol. The van der Waals surface area contributed by atoms with Gasteiger partial charge in [0.05, 0.1) is 0 Å². The number of benzene rings is 1. The van der Waals surface area contributed by atoms with Gasteiger partial charge in [0.15, 0.2) is 11.6 Å². The van der Waals surface area contributed by atoms with E-state index < -0.39 is 0 Å². The van der Waals surface area contributed by atoms with Crippen molar-refractivity contribution < 1.29 is 9.59 Å². The zero-order valence-electron chi connectivity index (χ0n) is 9.59. The summed E-state index contributed by atoms with van der Waals surface area (Å²) in [5, 5.41) is 3.26. The lowest BCUT2D eigenvalue weighted by Crippen LogP contribution is -2.24. The first-order valence-corrected chi connectivity index (χ1v) is 5.48. The Kier molecular flexibility index (Phi) is 2.88. The summed E-state index contributed by atoms with van der Waals surface area (Å²) in [7, 11) is 0. The van der Waals surface area contributed by atoms with E-state index in [1.807, 2.05) is 12.1 Å². The molecule has 1 aliphatic heterocycles. The van der Waals surface area contributed by atoms with Crippen molar-refractivity contribution >= 4 is 11.6 Å².